The number of rotatable bonds is 3. The summed E-state index contributed by atoms with van der Waals surface area (Å²) >= 11 is 0. The average molecular weight is 364 g/mol. The molecule has 0 radical (unpaired) electrons. The van der Waals surface area contributed by atoms with Crippen molar-refractivity contribution in [1.82, 2.24) is 9.97 Å². The van der Waals surface area contributed by atoms with Crippen LogP contribution in [0.5, 0.6) is 0 Å². The maximum Gasteiger partial charge on any atom is 0.346 e. The zero-order chi connectivity index (χ0) is 19.0. The summed E-state index contributed by atoms with van der Waals surface area (Å²) in [5.41, 5.74) is 6.67. The Labute approximate surface area is 156 Å². The van der Waals surface area contributed by atoms with E-state index in [0.29, 0.717) is 5.82 Å². The Morgan fingerprint density at radius 3 is 1.73 bits per heavy atom. The summed E-state index contributed by atoms with van der Waals surface area (Å²) < 4.78 is 12.0. The van der Waals surface area contributed by atoms with Crippen molar-refractivity contribution in [2.24, 2.45) is 5.41 Å². The van der Waals surface area contributed by atoms with Gasteiger partial charge in [0.15, 0.2) is 0 Å². The van der Waals surface area contributed by atoms with Crippen LogP contribution in [-0.2, 0) is 10.9 Å². The van der Waals surface area contributed by atoms with Gasteiger partial charge in [-0.25, -0.2) is 4.98 Å². The molecule has 26 heavy (non-hydrogen) atoms. The van der Waals surface area contributed by atoms with Gasteiger partial charge < -0.3 is 10.2 Å². The minimum absolute atomic E-state index is 0.255. The summed E-state index contributed by atoms with van der Waals surface area (Å²) in [5, 5.41) is 1.84. The lowest BCUT2D eigenvalue weighted by Gasteiger charge is -2.16. The van der Waals surface area contributed by atoms with Crippen molar-refractivity contribution >= 4 is 24.9 Å². The maximum atomic E-state index is 12.0. The van der Waals surface area contributed by atoms with Crippen LogP contribution in [0.15, 0.2) is 73.1 Å². The maximum absolute atomic E-state index is 12.0. The lowest BCUT2D eigenvalue weighted by molar-refractivity contribution is 0.406. The third kappa shape index (κ3) is 6.68. The first-order valence-corrected chi connectivity index (χ1v) is 9.97. The highest BCUT2D eigenvalue weighted by atomic mass is 28.3. The van der Waals surface area contributed by atoms with E-state index in [-0.39, 0.29) is 5.41 Å². The molecule has 0 aliphatic rings. The van der Waals surface area contributed by atoms with Gasteiger partial charge in [-0.05, 0) is 11.8 Å². The fraction of sp³-hybridized carbons (Fsp3) is 0.238. The second-order valence-electron chi connectivity index (χ2n) is 7.23. The van der Waals surface area contributed by atoms with Gasteiger partial charge >= 0.3 is 8.68 Å². The molecule has 0 amide bonds. The van der Waals surface area contributed by atoms with Gasteiger partial charge in [0.2, 0.25) is 0 Å². The molecule has 0 aliphatic carbocycles. The van der Waals surface area contributed by atoms with Crippen molar-refractivity contribution in [3.05, 3.63) is 78.8 Å². The van der Waals surface area contributed by atoms with Crippen molar-refractivity contribution in [1.29, 1.82) is 0 Å². The molecule has 2 aromatic carbocycles. The molecule has 0 atom stereocenters. The van der Waals surface area contributed by atoms with Gasteiger partial charge in [-0.1, -0.05) is 81.4 Å². The van der Waals surface area contributed by atoms with Crippen LogP contribution in [-0.4, -0.2) is 18.7 Å². The molecule has 0 spiro atoms. The van der Waals surface area contributed by atoms with E-state index >= 15 is 0 Å². The molecular weight excluding hydrogens is 338 g/mol. The van der Waals surface area contributed by atoms with E-state index in [1.807, 2.05) is 60.7 Å². The molecule has 0 unspecified atom stereocenters. The summed E-state index contributed by atoms with van der Waals surface area (Å²) in [6, 6.07) is 19.2. The van der Waals surface area contributed by atoms with Crippen molar-refractivity contribution in [3.8, 4) is 0 Å². The van der Waals surface area contributed by atoms with Crippen molar-refractivity contribution in [2.75, 3.05) is 5.73 Å². The minimum Gasteiger partial charge on any atom is -0.382 e. The van der Waals surface area contributed by atoms with Crippen LogP contribution in [0.2, 0.25) is 0 Å². The Morgan fingerprint density at radius 2 is 1.35 bits per heavy atom. The first kappa shape index (κ1) is 19.7. The molecule has 0 aliphatic heterocycles. The first-order valence-electron chi connectivity index (χ1n) is 8.56. The third-order valence-electron chi connectivity index (χ3n) is 3.51. The van der Waals surface area contributed by atoms with Gasteiger partial charge in [0, 0.05) is 10.4 Å². The van der Waals surface area contributed by atoms with E-state index in [1.54, 1.807) is 12.4 Å². The van der Waals surface area contributed by atoms with E-state index in [1.165, 1.54) is 0 Å². The van der Waals surface area contributed by atoms with Gasteiger partial charge in [-0.15, -0.1) is 0 Å². The molecule has 3 aromatic rings. The van der Waals surface area contributed by atoms with Crippen LogP contribution in [0.25, 0.3) is 0 Å². The van der Waals surface area contributed by atoms with Gasteiger partial charge in [0.25, 0.3) is 0 Å². The highest BCUT2D eigenvalue weighted by Gasteiger charge is 2.12. The molecule has 0 saturated carbocycles. The summed E-state index contributed by atoms with van der Waals surface area (Å²) in [7, 11) is -1.79. The van der Waals surface area contributed by atoms with Crippen molar-refractivity contribution < 1.29 is 4.46 Å². The lowest BCUT2D eigenvalue weighted by Crippen LogP contribution is -2.33. The normalized spacial score (nSPS) is 10.6. The summed E-state index contributed by atoms with van der Waals surface area (Å²) in [4.78, 5) is 8.15. The molecular formula is C21H25N3OSi. The van der Waals surface area contributed by atoms with Crippen molar-refractivity contribution in [3.63, 3.8) is 0 Å². The standard InChI is InChI=1S/C12H10OSi.C9H15N3/c13-14(11-7-3-1-4-8-11)12-9-5-2-6-10-12;1-9(2,3)4-7-5-12-8(10)6-11-7/h1-10H;5-6H,4H2,1-3H3,(H2,10,12). The SMILES string of the molecule is CC(C)(C)Cc1cnc(N)cn1.O=[Si](c1ccccc1)c1ccccc1. The third-order valence-corrected chi connectivity index (χ3v) is 5.22. The number of hydrogen-bond acceptors (Lipinski definition) is 4. The van der Waals surface area contributed by atoms with E-state index in [0.717, 1.165) is 22.5 Å². The van der Waals surface area contributed by atoms with Crippen LogP contribution in [0, 0.1) is 5.41 Å². The van der Waals surface area contributed by atoms with E-state index in [4.69, 9.17) is 5.73 Å². The molecule has 1 heterocycles. The molecule has 3 rings (SSSR count). The highest BCUT2D eigenvalue weighted by molar-refractivity contribution is 6.72. The molecule has 0 saturated heterocycles. The van der Waals surface area contributed by atoms with Gasteiger partial charge in [0.1, 0.15) is 5.82 Å². The van der Waals surface area contributed by atoms with E-state index in [9.17, 15) is 4.46 Å². The second kappa shape index (κ2) is 9.15. The Bertz CT molecular complexity index is 772. The minimum atomic E-state index is -1.79. The zero-order valence-electron chi connectivity index (χ0n) is 15.5. The molecule has 0 fully saturated rings. The molecule has 0 bridgehead atoms. The lowest BCUT2D eigenvalue weighted by atomic mass is 9.91. The van der Waals surface area contributed by atoms with Crippen LogP contribution < -0.4 is 16.1 Å². The number of nitrogens with zero attached hydrogens (tertiary/aromatic N) is 2. The molecule has 1 aromatic heterocycles. The number of nitrogen functional groups attached to an aromatic ring is 1. The average Bonchev–Trinajstić information content (AvgIpc) is 2.64. The predicted molar refractivity (Wildman–Crippen MR) is 108 cm³/mol. The molecule has 5 heteroatoms. The Balaban J connectivity index is 0.000000190. The Morgan fingerprint density at radius 1 is 0.846 bits per heavy atom. The zero-order valence-corrected chi connectivity index (χ0v) is 16.5. The van der Waals surface area contributed by atoms with Crippen LogP contribution in [0.1, 0.15) is 26.5 Å². The summed E-state index contributed by atoms with van der Waals surface area (Å²) in [6.07, 6.45) is 4.27. The highest BCUT2D eigenvalue weighted by Crippen LogP contribution is 2.18. The van der Waals surface area contributed by atoms with E-state index < -0.39 is 8.68 Å². The quantitative estimate of drug-likeness (QED) is 0.727. The van der Waals surface area contributed by atoms with E-state index in [2.05, 4.69) is 30.7 Å². The smallest absolute Gasteiger partial charge is 0.346 e. The Kier molecular flexibility index (Phi) is 6.92. The number of aromatic nitrogens is 2. The molecule has 4 nitrogen and oxygen atoms in total. The predicted octanol–water partition coefficient (Wildman–Crippen LogP) is 2.87. The van der Waals surface area contributed by atoms with Crippen LogP contribution in [0.4, 0.5) is 5.82 Å². The van der Waals surface area contributed by atoms with Crippen LogP contribution >= 0.6 is 0 Å². The number of anilines is 1. The molecule has 2 N–H and O–H groups in total. The number of benzene rings is 2. The second-order valence-corrected chi connectivity index (χ2v) is 9.04. The summed E-state index contributed by atoms with van der Waals surface area (Å²) in [5.74, 6) is 0.479. The van der Waals surface area contributed by atoms with Gasteiger partial charge in [-0.3, -0.25) is 4.98 Å². The molecule has 134 valence electrons. The van der Waals surface area contributed by atoms with Gasteiger partial charge in [0.05, 0.1) is 18.1 Å². The Hall–Kier alpha value is -2.66. The number of hydrogen-bond donors (Lipinski definition) is 1. The van der Waals surface area contributed by atoms with Crippen LogP contribution in [0.3, 0.4) is 0 Å². The van der Waals surface area contributed by atoms with Gasteiger partial charge in [-0.2, -0.15) is 0 Å². The fourth-order valence-corrected chi connectivity index (χ4v) is 3.67. The topological polar surface area (TPSA) is 68.9 Å². The largest absolute Gasteiger partial charge is 0.382 e. The first-order chi connectivity index (χ1) is 12.3. The monoisotopic (exact) mass is 363 g/mol. The number of nitrogens with two attached hydrogens (primary N) is 1. The fourth-order valence-electron chi connectivity index (χ4n) is 2.35. The van der Waals surface area contributed by atoms with Crippen molar-refractivity contribution in [2.45, 2.75) is 27.2 Å². The summed E-state index contributed by atoms with van der Waals surface area (Å²) in [6.45, 7) is 6.51.